The van der Waals surface area contributed by atoms with E-state index in [9.17, 15) is 9.59 Å². The maximum atomic E-state index is 13.1. The molecule has 3 rings (SSSR count). The molecule has 6 nitrogen and oxygen atoms in total. The van der Waals surface area contributed by atoms with Gasteiger partial charge >= 0.3 is 5.97 Å². The normalized spacial score (nSPS) is 13.6. The second-order valence-corrected chi connectivity index (χ2v) is 5.82. The summed E-state index contributed by atoms with van der Waals surface area (Å²) in [6, 6.07) is 6.72. The Bertz CT molecular complexity index is 804. The number of fused-ring (bicyclic) bond motifs is 1. The first kappa shape index (κ1) is 17.0. The van der Waals surface area contributed by atoms with Crippen LogP contribution in [0.2, 0.25) is 0 Å². The monoisotopic (exact) mass is 340 g/mol. The molecule has 0 saturated heterocycles. The fourth-order valence-corrected chi connectivity index (χ4v) is 3.04. The lowest BCUT2D eigenvalue weighted by Gasteiger charge is -2.23. The van der Waals surface area contributed by atoms with Crippen LogP contribution < -0.4 is 9.64 Å². The standard InChI is InChI=1S/C19H20N2O4/c1-24-17-11-14(6-7-15(17)19(23)25-2)18(22)21-10-4-3-5-13-8-9-20-12-16(13)21/h6-9,11-12H,3-5,10H2,1-2H3. The number of carbonyl (C=O) groups excluding carboxylic acids is 2. The van der Waals surface area contributed by atoms with Gasteiger partial charge in [0.15, 0.2) is 0 Å². The maximum Gasteiger partial charge on any atom is 0.341 e. The average molecular weight is 340 g/mol. The van der Waals surface area contributed by atoms with Crippen molar-refractivity contribution in [3.63, 3.8) is 0 Å². The van der Waals surface area contributed by atoms with Crippen molar-refractivity contribution in [1.29, 1.82) is 0 Å². The summed E-state index contributed by atoms with van der Waals surface area (Å²) in [7, 11) is 2.77. The van der Waals surface area contributed by atoms with Gasteiger partial charge in [-0.25, -0.2) is 4.79 Å². The Labute approximate surface area is 146 Å². The van der Waals surface area contributed by atoms with E-state index in [1.165, 1.54) is 14.2 Å². The number of carbonyl (C=O) groups is 2. The lowest BCUT2D eigenvalue weighted by molar-refractivity contribution is 0.0596. The fraction of sp³-hybridized carbons (Fsp3) is 0.316. The summed E-state index contributed by atoms with van der Waals surface area (Å²) >= 11 is 0. The van der Waals surface area contributed by atoms with Gasteiger partial charge in [0.05, 0.1) is 26.1 Å². The van der Waals surface area contributed by atoms with E-state index in [4.69, 9.17) is 9.47 Å². The lowest BCUT2D eigenvalue weighted by atomic mass is 10.1. The van der Waals surface area contributed by atoms with E-state index in [0.29, 0.717) is 23.4 Å². The maximum absolute atomic E-state index is 13.1. The van der Waals surface area contributed by atoms with Gasteiger partial charge in [-0.1, -0.05) is 0 Å². The molecule has 0 radical (unpaired) electrons. The highest BCUT2D eigenvalue weighted by Crippen LogP contribution is 2.28. The Morgan fingerprint density at radius 3 is 2.76 bits per heavy atom. The third-order valence-corrected chi connectivity index (χ3v) is 4.36. The van der Waals surface area contributed by atoms with Crippen molar-refractivity contribution in [1.82, 2.24) is 4.98 Å². The predicted octanol–water partition coefficient (Wildman–Crippen LogP) is 2.86. The lowest BCUT2D eigenvalue weighted by Crippen LogP contribution is -2.32. The van der Waals surface area contributed by atoms with Crippen molar-refractivity contribution >= 4 is 17.6 Å². The summed E-state index contributed by atoms with van der Waals surface area (Å²) in [6.07, 6.45) is 6.38. The number of pyridine rings is 1. The van der Waals surface area contributed by atoms with E-state index < -0.39 is 5.97 Å². The van der Waals surface area contributed by atoms with E-state index in [0.717, 1.165) is 30.5 Å². The van der Waals surface area contributed by atoms with Crippen LogP contribution in [0.25, 0.3) is 0 Å². The second-order valence-electron chi connectivity index (χ2n) is 5.82. The molecule has 1 aromatic carbocycles. The number of aryl methyl sites for hydroxylation is 1. The van der Waals surface area contributed by atoms with E-state index in [1.807, 2.05) is 6.07 Å². The summed E-state index contributed by atoms with van der Waals surface area (Å²) in [5.74, 6) is -0.315. The molecule has 0 saturated carbocycles. The molecule has 0 aliphatic carbocycles. The SMILES string of the molecule is COC(=O)c1ccc(C(=O)N2CCCCc3ccncc32)cc1OC. The number of nitrogens with zero attached hydrogens (tertiary/aromatic N) is 2. The van der Waals surface area contributed by atoms with Gasteiger partial charge < -0.3 is 14.4 Å². The highest BCUT2D eigenvalue weighted by atomic mass is 16.5. The number of ether oxygens (including phenoxy) is 2. The van der Waals surface area contributed by atoms with Gasteiger partial charge in [0.1, 0.15) is 11.3 Å². The van der Waals surface area contributed by atoms with Crippen LogP contribution in [0.15, 0.2) is 36.7 Å². The Kier molecular flexibility index (Phi) is 4.97. The average Bonchev–Trinajstić information content (AvgIpc) is 2.88. The van der Waals surface area contributed by atoms with E-state index in [2.05, 4.69) is 4.98 Å². The van der Waals surface area contributed by atoms with E-state index >= 15 is 0 Å². The number of benzene rings is 1. The number of amides is 1. The molecule has 0 fully saturated rings. The zero-order valence-electron chi connectivity index (χ0n) is 14.3. The van der Waals surface area contributed by atoms with Gasteiger partial charge in [-0.2, -0.15) is 0 Å². The molecule has 2 heterocycles. The number of hydrogen-bond acceptors (Lipinski definition) is 5. The highest BCUT2D eigenvalue weighted by molar-refractivity contribution is 6.07. The molecule has 1 aliphatic heterocycles. The van der Waals surface area contributed by atoms with E-state index in [-0.39, 0.29) is 5.91 Å². The largest absolute Gasteiger partial charge is 0.496 e. The van der Waals surface area contributed by atoms with Crippen LogP contribution in [0.4, 0.5) is 5.69 Å². The molecule has 0 spiro atoms. The molecule has 1 amide bonds. The van der Waals surface area contributed by atoms with Gasteiger partial charge in [0.2, 0.25) is 0 Å². The molecule has 1 aromatic heterocycles. The summed E-state index contributed by atoms with van der Waals surface area (Å²) in [5.41, 5.74) is 2.72. The Morgan fingerprint density at radius 1 is 1.16 bits per heavy atom. The quantitative estimate of drug-likeness (QED) is 0.804. The number of aromatic nitrogens is 1. The van der Waals surface area contributed by atoms with Gasteiger partial charge in [-0.3, -0.25) is 9.78 Å². The first-order chi connectivity index (χ1) is 12.2. The predicted molar refractivity (Wildman–Crippen MR) is 93.2 cm³/mol. The molecule has 25 heavy (non-hydrogen) atoms. The molecule has 0 bridgehead atoms. The van der Waals surface area contributed by atoms with Gasteiger partial charge in [0.25, 0.3) is 5.91 Å². The van der Waals surface area contributed by atoms with Crippen molar-refractivity contribution in [3.05, 3.63) is 53.3 Å². The Hall–Kier alpha value is -2.89. The number of rotatable bonds is 3. The number of hydrogen-bond donors (Lipinski definition) is 0. The minimum Gasteiger partial charge on any atom is -0.496 e. The molecule has 130 valence electrons. The Morgan fingerprint density at radius 2 is 2.00 bits per heavy atom. The van der Waals surface area contributed by atoms with E-state index in [1.54, 1.807) is 35.5 Å². The van der Waals surface area contributed by atoms with Crippen molar-refractivity contribution in [2.75, 3.05) is 25.7 Å². The van der Waals surface area contributed by atoms with Gasteiger partial charge in [0, 0.05) is 18.3 Å². The van der Waals surface area contributed by atoms with Crippen LogP contribution in [0.3, 0.4) is 0 Å². The minimum absolute atomic E-state index is 0.133. The first-order valence-corrected chi connectivity index (χ1v) is 8.17. The highest BCUT2D eigenvalue weighted by Gasteiger charge is 2.24. The summed E-state index contributed by atoms with van der Waals surface area (Å²) in [6.45, 7) is 0.637. The van der Waals surface area contributed by atoms with Crippen LogP contribution in [0.5, 0.6) is 5.75 Å². The number of anilines is 1. The molecule has 2 aromatic rings. The van der Waals surface area contributed by atoms with Crippen molar-refractivity contribution in [2.45, 2.75) is 19.3 Å². The summed E-state index contributed by atoms with van der Waals surface area (Å²) < 4.78 is 9.99. The van der Waals surface area contributed by atoms with Crippen molar-refractivity contribution in [3.8, 4) is 5.75 Å². The molecular formula is C19H20N2O4. The third kappa shape index (κ3) is 3.33. The van der Waals surface area contributed by atoms with Crippen molar-refractivity contribution < 1.29 is 19.1 Å². The topological polar surface area (TPSA) is 68.7 Å². The second kappa shape index (κ2) is 7.34. The minimum atomic E-state index is -0.500. The molecular weight excluding hydrogens is 320 g/mol. The van der Waals surface area contributed by atoms with Crippen LogP contribution in [0, 0.1) is 0 Å². The molecule has 0 atom stereocenters. The van der Waals surface area contributed by atoms with Gasteiger partial charge in [-0.05, 0) is 49.1 Å². The van der Waals surface area contributed by atoms with Crippen molar-refractivity contribution in [2.24, 2.45) is 0 Å². The summed E-state index contributed by atoms with van der Waals surface area (Å²) in [5, 5.41) is 0. The number of methoxy groups -OCH3 is 2. The third-order valence-electron chi connectivity index (χ3n) is 4.36. The van der Waals surface area contributed by atoms with Crippen LogP contribution in [-0.2, 0) is 11.2 Å². The van der Waals surface area contributed by atoms with Crippen LogP contribution in [0.1, 0.15) is 39.1 Å². The molecule has 1 aliphatic rings. The van der Waals surface area contributed by atoms with Crippen LogP contribution >= 0.6 is 0 Å². The zero-order chi connectivity index (χ0) is 17.8. The fourth-order valence-electron chi connectivity index (χ4n) is 3.04. The smallest absolute Gasteiger partial charge is 0.341 e. The molecule has 0 N–H and O–H groups in total. The molecule has 0 unspecified atom stereocenters. The number of esters is 1. The first-order valence-electron chi connectivity index (χ1n) is 8.17. The molecule has 6 heteroatoms. The summed E-state index contributed by atoms with van der Waals surface area (Å²) in [4.78, 5) is 30.8. The van der Waals surface area contributed by atoms with Gasteiger partial charge in [-0.15, -0.1) is 0 Å². The Balaban J connectivity index is 1.97. The zero-order valence-corrected chi connectivity index (χ0v) is 14.3. The van der Waals surface area contributed by atoms with Crippen LogP contribution in [-0.4, -0.2) is 37.6 Å².